The average Bonchev–Trinajstić information content (AvgIpc) is 3.02. The van der Waals surface area contributed by atoms with Gasteiger partial charge in [-0.05, 0) is 24.8 Å². The summed E-state index contributed by atoms with van der Waals surface area (Å²) in [6.07, 6.45) is 2.56. The lowest BCUT2D eigenvalue weighted by atomic mass is 10.0. The summed E-state index contributed by atoms with van der Waals surface area (Å²) < 4.78 is 1.81. The van der Waals surface area contributed by atoms with Gasteiger partial charge < -0.3 is 10.4 Å². The van der Waals surface area contributed by atoms with E-state index in [-0.39, 0.29) is 24.7 Å². The van der Waals surface area contributed by atoms with Crippen molar-refractivity contribution in [3.63, 3.8) is 0 Å². The minimum Gasteiger partial charge on any atom is -0.394 e. The molecule has 3 N–H and O–H groups in total. The van der Waals surface area contributed by atoms with Crippen molar-refractivity contribution in [2.24, 2.45) is 5.92 Å². The summed E-state index contributed by atoms with van der Waals surface area (Å²) >= 11 is 0. The molecule has 0 aliphatic heterocycles. The first-order valence-electron chi connectivity index (χ1n) is 8.28. The molecule has 2 rings (SSSR count). The Morgan fingerprint density at radius 1 is 1.21 bits per heavy atom. The van der Waals surface area contributed by atoms with Gasteiger partial charge in [-0.25, -0.2) is 4.79 Å². The van der Waals surface area contributed by atoms with Crippen LogP contribution in [0.1, 0.15) is 38.8 Å². The number of carbonyl (C=O) groups excluding carboxylic acids is 1. The van der Waals surface area contributed by atoms with Crippen LogP contribution in [0.5, 0.6) is 0 Å². The largest absolute Gasteiger partial charge is 0.394 e. The van der Waals surface area contributed by atoms with Crippen LogP contribution in [-0.2, 0) is 0 Å². The highest BCUT2D eigenvalue weighted by Crippen LogP contribution is 2.17. The molecular formula is C18H26N4O2. The number of hydrogen-bond donors (Lipinski definition) is 3. The first kappa shape index (κ1) is 18.0. The molecule has 1 heterocycles. The topological polar surface area (TPSA) is 79.2 Å². The molecule has 6 heteroatoms. The minimum atomic E-state index is -0.354. The first-order valence-corrected chi connectivity index (χ1v) is 8.28. The van der Waals surface area contributed by atoms with Crippen LogP contribution in [-0.4, -0.2) is 33.6 Å². The van der Waals surface area contributed by atoms with E-state index < -0.39 is 0 Å². The number of nitrogens with zero attached hydrogens (tertiary/aromatic N) is 2. The fourth-order valence-electron chi connectivity index (χ4n) is 2.59. The van der Waals surface area contributed by atoms with Gasteiger partial charge in [-0.2, -0.15) is 5.10 Å². The lowest BCUT2D eigenvalue weighted by Gasteiger charge is -2.18. The Hall–Kier alpha value is -2.34. The van der Waals surface area contributed by atoms with E-state index in [1.54, 1.807) is 6.07 Å². The molecule has 2 unspecified atom stereocenters. The molecule has 2 aromatic rings. The lowest BCUT2D eigenvalue weighted by molar-refractivity contribution is 0.214. The predicted molar refractivity (Wildman–Crippen MR) is 95.0 cm³/mol. The quantitative estimate of drug-likeness (QED) is 0.730. The van der Waals surface area contributed by atoms with Crippen molar-refractivity contribution < 1.29 is 9.90 Å². The molecule has 0 saturated carbocycles. The van der Waals surface area contributed by atoms with Gasteiger partial charge in [0.25, 0.3) is 0 Å². The number of nitrogens with one attached hydrogen (secondary N) is 2. The maximum absolute atomic E-state index is 12.0. The molecule has 6 nitrogen and oxygen atoms in total. The number of aromatic nitrogens is 2. The fraction of sp³-hybridized carbons (Fsp3) is 0.444. The zero-order chi connectivity index (χ0) is 17.5. The van der Waals surface area contributed by atoms with Gasteiger partial charge in [-0.3, -0.25) is 10.00 Å². The van der Waals surface area contributed by atoms with Crippen molar-refractivity contribution in [3.05, 3.63) is 48.2 Å². The molecule has 0 bridgehead atoms. The Labute approximate surface area is 142 Å². The summed E-state index contributed by atoms with van der Waals surface area (Å²) in [5.74, 6) is 0.880. The highest BCUT2D eigenvalue weighted by Gasteiger charge is 2.14. The molecule has 0 saturated heterocycles. The third-order valence-electron chi connectivity index (χ3n) is 3.84. The number of benzene rings is 1. The van der Waals surface area contributed by atoms with E-state index in [1.165, 1.54) is 0 Å². The predicted octanol–water partition coefficient (Wildman–Crippen LogP) is 3.02. The van der Waals surface area contributed by atoms with Gasteiger partial charge in [0, 0.05) is 12.3 Å². The molecule has 0 aliphatic rings. The van der Waals surface area contributed by atoms with E-state index in [1.807, 2.05) is 41.2 Å². The molecule has 0 aliphatic carbocycles. The number of urea groups is 1. The van der Waals surface area contributed by atoms with Gasteiger partial charge in [0.1, 0.15) is 0 Å². The van der Waals surface area contributed by atoms with E-state index in [0.29, 0.717) is 11.7 Å². The van der Waals surface area contributed by atoms with Crippen LogP contribution in [0.15, 0.2) is 42.6 Å². The smallest absolute Gasteiger partial charge is 0.320 e. The summed E-state index contributed by atoms with van der Waals surface area (Å²) in [6.45, 7) is 6.07. The second-order valence-electron chi connectivity index (χ2n) is 6.38. The van der Waals surface area contributed by atoms with Gasteiger partial charge in [0.05, 0.1) is 18.7 Å². The summed E-state index contributed by atoms with van der Waals surface area (Å²) in [7, 11) is 0. The van der Waals surface area contributed by atoms with E-state index in [2.05, 4.69) is 36.5 Å². The summed E-state index contributed by atoms with van der Waals surface area (Å²) in [5, 5.41) is 19.2. The third-order valence-corrected chi connectivity index (χ3v) is 3.84. The maximum Gasteiger partial charge on any atom is 0.320 e. The molecule has 130 valence electrons. The van der Waals surface area contributed by atoms with Crippen molar-refractivity contribution in [1.29, 1.82) is 0 Å². The standard InChI is InChI=1S/C18H26N4O2/c1-13(2)11-16(12-23)19-18(24)20-17-9-10-22(21-17)14(3)15-7-5-4-6-8-15/h4-10,13-14,16,23H,11-12H2,1-3H3,(H2,19,20,21,24). The average molecular weight is 330 g/mol. The fourth-order valence-corrected chi connectivity index (χ4v) is 2.59. The Kier molecular flexibility index (Phi) is 6.37. The van der Waals surface area contributed by atoms with Crippen molar-refractivity contribution in [1.82, 2.24) is 15.1 Å². The molecule has 0 spiro atoms. The molecule has 0 fully saturated rings. The Morgan fingerprint density at radius 2 is 1.92 bits per heavy atom. The number of aliphatic hydroxyl groups is 1. The van der Waals surface area contributed by atoms with Crippen molar-refractivity contribution in [2.75, 3.05) is 11.9 Å². The second-order valence-corrected chi connectivity index (χ2v) is 6.38. The van der Waals surface area contributed by atoms with Gasteiger partial charge >= 0.3 is 6.03 Å². The van der Waals surface area contributed by atoms with Crippen LogP contribution < -0.4 is 10.6 Å². The maximum atomic E-state index is 12.0. The van der Waals surface area contributed by atoms with Crippen LogP contribution in [0.3, 0.4) is 0 Å². The van der Waals surface area contributed by atoms with Gasteiger partial charge in [0.2, 0.25) is 0 Å². The number of rotatable bonds is 7. The van der Waals surface area contributed by atoms with Crippen molar-refractivity contribution >= 4 is 11.8 Å². The normalized spacial score (nSPS) is 13.5. The number of amides is 2. The van der Waals surface area contributed by atoms with Crippen molar-refractivity contribution in [2.45, 2.75) is 39.3 Å². The summed E-state index contributed by atoms with van der Waals surface area (Å²) in [6, 6.07) is 11.3. The van der Waals surface area contributed by atoms with Crippen LogP contribution in [0.2, 0.25) is 0 Å². The van der Waals surface area contributed by atoms with E-state index in [0.717, 1.165) is 12.0 Å². The van der Waals surface area contributed by atoms with Crippen LogP contribution >= 0.6 is 0 Å². The van der Waals surface area contributed by atoms with Gasteiger partial charge in [0.15, 0.2) is 5.82 Å². The minimum absolute atomic E-state index is 0.0783. The Bertz CT molecular complexity index is 639. The van der Waals surface area contributed by atoms with Crippen LogP contribution in [0.4, 0.5) is 10.6 Å². The molecule has 0 radical (unpaired) electrons. The highest BCUT2D eigenvalue weighted by molar-refractivity contribution is 5.88. The van der Waals surface area contributed by atoms with Crippen LogP contribution in [0.25, 0.3) is 0 Å². The molecule has 2 atom stereocenters. The summed E-state index contributed by atoms with van der Waals surface area (Å²) in [5.41, 5.74) is 1.15. The molecule has 1 aromatic heterocycles. The number of aliphatic hydroxyl groups excluding tert-OH is 1. The Morgan fingerprint density at radius 3 is 2.54 bits per heavy atom. The molecule has 2 amide bonds. The third kappa shape index (κ3) is 5.09. The monoisotopic (exact) mass is 330 g/mol. The van der Waals surface area contributed by atoms with E-state index >= 15 is 0 Å². The highest BCUT2D eigenvalue weighted by atomic mass is 16.3. The van der Waals surface area contributed by atoms with Gasteiger partial charge in [-0.15, -0.1) is 0 Å². The zero-order valence-electron chi connectivity index (χ0n) is 14.4. The lowest BCUT2D eigenvalue weighted by Crippen LogP contribution is -2.41. The molecule has 1 aromatic carbocycles. The van der Waals surface area contributed by atoms with E-state index in [4.69, 9.17) is 0 Å². The number of carbonyl (C=O) groups is 1. The van der Waals surface area contributed by atoms with Gasteiger partial charge in [-0.1, -0.05) is 44.2 Å². The SMILES string of the molecule is CC(C)CC(CO)NC(=O)Nc1ccn(C(C)c2ccccc2)n1. The van der Waals surface area contributed by atoms with Crippen LogP contribution in [0, 0.1) is 5.92 Å². The second kappa shape index (κ2) is 8.49. The molecular weight excluding hydrogens is 304 g/mol. The zero-order valence-corrected chi connectivity index (χ0v) is 14.4. The number of hydrogen-bond acceptors (Lipinski definition) is 3. The molecule has 24 heavy (non-hydrogen) atoms. The summed E-state index contributed by atoms with van der Waals surface area (Å²) in [4.78, 5) is 12.0. The Balaban J connectivity index is 1.94. The van der Waals surface area contributed by atoms with E-state index in [9.17, 15) is 9.90 Å². The number of anilines is 1. The first-order chi connectivity index (χ1) is 11.5. The van der Waals surface area contributed by atoms with Crippen molar-refractivity contribution in [3.8, 4) is 0 Å².